The molecule has 0 aliphatic heterocycles. The number of anilines is 1. The van der Waals surface area contributed by atoms with Crippen molar-refractivity contribution in [2.24, 2.45) is 0 Å². The summed E-state index contributed by atoms with van der Waals surface area (Å²) in [5.74, 6) is -4.08. The van der Waals surface area contributed by atoms with Gasteiger partial charge in [-0.3, -0.25) is 0 Å². The molecule has 0 aliphatic rings. The van der Waals surface area contributed by atoms with Crippen LogP contribution in [-0.2, 0) is 11.3 Å². The molecule has 1 heterocycles. The van der Waals surface area contributed by atoms with Gasteiger partial charge in [0.15, 0.2) is 5.82 Å². The molecule has 0 saturated carbocycles. The lowest BCUT2D eigenvalue weighted by Gasteiger charge is -2.14. The molecule has 2 N–H and O–H groups in total. The molecule has 1 aromatic carbocycles. The molecular weight excluding hydrogens is 294 g/mol. The summed E-state index contributed by atoms with van der Waals surface area (Å²) in [6.07, 6.45) is -3.78. The van der Waals surface area contributed by atoms with Gasteiger partial charge in [0.25, 0.3) is 5.89 Å². The number of aromatic nitrogens is 2. The molecule has 0 spiro atoms. The van der Waals surface area contributed by atoms with E-state index in [4.69, 9.17) is 10.3 Å². The highest BCUT2D eigenvalue weighted by Crippen LogP contribution is 2.23. The Morgan fingerprint density at radius 1 is 1.24 bits per heavy atom. The zero-order valence-electron chi connectivity index (χ0n) is 10.6. The van der Waals surface area contributed by atoms with Crippen molar-refractivity contribution < 1.29 is 26.8 Å². The Labute approximate surface area is 116 Å². The highest BCUT2D eigenvalue weighted by atomic mass is 19.3. The van der Waals surface area contributed by atoms with Crippen molar-refractivity contribution in [2.45, 2.75) is 19.0 Å². The molecule has 0 radical (unpaired) electrons. The van der Waals surface area contributed by atoms with Gasteiger partial charge in [-0.15, -0.1) is 0 Å². The van der Waals surface area contributed by atoms with Crippen LogP contribution in [0, 0.1) is 0 Å². The van der Waals surface area contributed by atoms with E-state index in [0.29, 0.717) is 11.3 Å². The van der Waals surface area contributed by atoms with E-state index in [2.05, 4.69) is 14.9 Å². The number of nitrogen functional groups attached to an aromatic ring is 1. The average molecular weight is 305 g/mol. The van der Waals surface area contributed by atoms with Crippen LogP contribution in [0.3, 0.4) is 0 Å². The fraction of sp³-hybridized carbons (Fsp3) is 0.333. The third-order valence-electron chi connectivity index (χ3n) is 2.47. The van der Waals surface area contributed by atoms with Crippen LogP contribution < -0.4 is 5.73 Å². The standard InChI is InChI=1S/C12H11F4N3O2/c13-11(14)12(15,16)6-20-5-9-18-10(21-19-9)7-1-3-8(17)4-2-7/h1-4,11H,5-6,17H2. The molecule has 2 aromatic rings. The van der Waals surface area contributed by atoms with E-state index in [1.54, 1.807) is 24.3 Å². The topological polar surface area (TPSA) is 74.2 Å². The van der Waals surface area contributed by atoms with Gasteiger partial charge in [-0.05, 0) is 24.3 Å². The first-order chi connectivity index (χ1) is 9.88. The van der Waals surface area contributed by atoms with Gasteiger partial charge in [-0.1, -0.05) is 5.16 Å². The Bertz CT molecular complexity index is 586. The fourth-order valence-electron chi connectivity index (χ4n) is 1.40. The lowest BCUT2D eigenvalue weighted by atomic mass is 10.2. The van der Waals surface area contributed by atoms with Crippen molar-refractivity contribution in [1.82, 2.24) is 10.1 Å². The van der Waals surface area contributed by atoms with Crippen molar-refractivity contribution in [3.8, 4) is 11.5 Å². The number of alkyl halides is 4. The van der Waals surface area contributed by atoms with E-state index < -0.39 is 25.6 Å². The Morgan fingerprint density at radius 3 is 2.52 bits per heavy atom. The van der Waals surface area contributed by atoms with E-state index in [-0.39, 0.29) is 11.7 Å². The van der Waals surface area contributed by atoms with Gasteiger partial charge in [-0.25, -0.2) is 8.78 Å². The number of hydrogen-bond donors (Lipinski definition) is 1. The van der Waals surface area contributed by atoms with E-state index >= 15 is 0 Å². The molecule has 9 heteroatoms. The van der Waals surface area contributed by atoms with Crippen LogP contribution in [0.15, 0.2) is 28.8 Å². The first-order valence-corrected chi connectivity index (χ1v) is 5.81. The van der Waals surface area contributed by atoms with Crippen molar-refractivity contribution in [1.29, 1.82) is 0 Å². The summed E-state index contributed by atoms with van der Waals surface area (Å²) >= 11 is 0. The lowest BCUT2D eigenvalue weighted by molar-refractivity contribution is -0.168. The Morgan fingerprint density at radius 2 is 1.90 bits per heavy atom. The van der Waals surface area contributed by atoms with Crippen LogP contribution in [0.1, 0.15) is 5.82 Å². The van der Waals surface area contributed by atoms with Crippen LogP contribution in [0.25, 0.3) is 11.5 Å². The van der Waals surface area contributed by atoms with E-state index in [1.165, 1.54) is 0 Å². The summed E-state index contributed by atoms with van der Waals surface area (Å²) in [6.45, 7) is -1.88. The second kappa shape index (κ2) is 6.08. The van der Waals surface area contributed by atoms with E-state index in [9.17, 15) is 17.6 Å². The minimum Gasteiger partial charge on any atom is -0.399 e. The minimum atomic E-state index is -4.20. The van der Waals surface area contributed by atoms with Gasteiger partial charge in [0.2, 0.25) is 0 Å². The van der Waals surface area contributed by atoms with Gasteiger partial charge in [0, 0.05) is 11.3 Å². The normalized spacial score (nSPS) is 12.0. The monoisotopic (exact) mass is 305 g/mol. The predicted octanol–water partition coefficient (Wildman–Crippen LogP) is 2.74. The van der Waals surface area contributed by atoms with Gasteiger partial charge in [0.1, 0.15) is 13.2 Å². The molecule has 0 unspecified atom stereocenters. The van der Waals surface area contributed by atoms with Crippen LogP contribution >= 0.6 is 0 Å². The van der Waals surface area contributed by atoms with Gasteiger partial charge < -0.3 is 15.0 Å². The summed E-state index contributed by atoms with van der Waals surface area (Å²) < 4.78 is 58.4. The molecule has 2 rings (SSSR count). The first-order valence-electron chi connectivity index (χ1n) is 5.81. The maximum absolute atomic E-state index is 12.6. The quantitative estimate of drug-likeness (QED) is 0.656. The second-order valence-electron chi connectivity index (χ2n) is 4.19. The molecule has 0 fully saturated rings. The molecule has 21 heavy (non-hydrogen) atoms. The number of rotatable bonds is 6. The summed E-state index contributed by atoms with van der Waals surface area (Å²) in [5, 5.41) is 3.50. The van der Waals surface area contributed by atoms with Crippen LogP contribution in [-0.4, -0.2) is 29.1 Å². The Kier molecular flexibility index (Phi) is 4.41. The maximum Gasteiger partial charge on any atom is 0.330 e. The number of nitrogens with zero attached hydrogens (tertiary/aromatic N) is 2. The summed E-state index contributed by atoms with van der Waals surface area (Å²) in [5.41, 5.74) is 6.66. The van der Waals surface area contributed by atoms with Crippen LogP contribution in [0.4, 0.5) is 23.2 Å². The molecule has 0 bridgehead atoms. The van der Waals surface area contributed by atoms with Gasteiger partial charge in [0.05, 0.1) is 0 Å². The van der Waals surface area contributed by atoms with E-state index in [1.807, 2.05) is 0 Å². The SMILES string of the molecule is Nc1ccc(-c2nc(COCC(F)(F)C(F)F)no2)cc1. The molecule has 0 aliphatic carbocycles. The van der Waals surface area contributed by atoms with Crippen molar-refractivity contribution >= 4 is 5.69 Å². The number of hydrogen-bond acceptors (Lipinski definition) is 5. The summed E-state index contributed by atoms with van der Waals surface area (Å²) in [6, 6.07) is 6.52. The van der Waals surface area contributed by atoms with Crippen molar-refractivity contribution in [3.63, 3.8) is 0 Å². The van der Waals surface area contributed by atoms with Crippen LogP contribution in [0.5, 0.6) is 0 Å². The number of ether oxygens (including phenoxy) is 1. The highest BCUT2D eigenvalue weighted by molar-refractivity contribution is 5.56. The minimum absolute atomic E-state index is 0.0214. The van der Waals surface area contributed by atoms with Crippen molar-refractivity contribution in [3.05, 3.63) is 30.1 Å². The average Bonchev–Trinajstić information content (AvgIpc) is 2.88. The Balaban J connectivity index is 1.93. The maximum atomic E-state index is 12.6. The molecule has 5 nitrogen and oxygen atoms in total. The fourth-order valence-corrected chi connectivity index (χ4v) is 1.40. The highest BCUT2D eigenvalue weighted by Gasteiger charge is 2.41. The summed E-state index contributed by atoms with van der Waals surface area (Å²) in [7, 11) is 0. The van der Waals surface area contributed by atoms with Gasteiger partial charge >= 0.3 is 12.3 Å². The molecule has 114 valence electrons. The van der Waals surface area contributed by atoms with Crippen molar-refractivity contribution in [2.75, 3.05) is 12.3 Å². The molecule has 0 atom stereocenters. The van der Waals surface area contributed by atoms with Gasteiger partial charge in [-0.2, -0.15) is 13.8 Å². The lowest BCUT2D eigenvalue weighted by Crippen LogP contribution is -2.32. The second-order valence-corrected chi connectivity index (χ2v) is 4.19. The zero-order valence-corrected chi connectivity index (χ0v) is 10.6. The summed E-state index contributed by atoms with van der Waals surface area (Å²) in [4.78, 5) is 3.90. The molecule has 0 amide bonds. The third kappa shape index (κ3) is 3.91. The molecular formula is C12H11F4N3O2. The van der Waals surface area contributed by atoms with E-state index in [0.717, 1.165) is 0 Å². The first kappa shape index (κ1) is 15.2. The number of halogens is 4. The zero-order chi connectivity index (χ0) is 15.5. The molecule has 0 saturated heterocycles. The molecule has 1 aromatic heterocycles. The predicted molar refractivity (Wildman–Crippen MR) is 64.8 cm³/mol. The largest absolute Gasteiger partial charge is 0.399 e. The smallest absolute Gasteiger partial charge is 0.330 e. The third-order valence-corrected chi connectivity index (χ3v) is 2.47. The van der Waals surface area contributed by atoms with Crippen LogP contribution in [0.2, 0.25) is 0 Å². The number of benzene rings is 1. The Hall–Kier alpha value is -2.16. The number of nitrogens with two attached hydrogens (primary N) is 1.